The Balaban J connectivity index is 1.67. The van der Waals surface area contributed by atoms with Crippen molar-refractivity contribution in [3.05, 3.63) is 76.9 Å². The third-order valence-electron chi connectivity index (χ3n) is 5.78. The van der Waals surface area contributed by atoms with Crippen molar-refractivity contribution in [2.24, 2.45) is 0 Å². The van der Waals surface area contributed by atoms with Crippen molar-refractivity contribution in [2.75, 3.05) is 0 Å². The summed E-state index contributed by atoms with van der Waals surface area (Å²) in [5, 5.41) is 7.93. The molecule has 5 aromatic rings. The second kappa shape index (κ2) is 7.25. The highest BCUT2D eigenvalue weighted by molar-refractivity contribution is 7.23. The van der Waals surface area contributed by atoms with Gasteiger partial charge in [-0.25, -0.2) is 9.67 Å². The maximum Gasteiger partial charge on any atom is 0.165 e. The largest absolute Gasteiger partial charge is 0.294 e. The number of pyridine rings is 1. The molecule has 0 radical (unpaired) electrons. The number of benzene rings is 1. The minimum Gasteiger partial charge on any atom is -0.294 e. The summed E-state index contributed by atoms with van der Waals surface area (Å²) in [5.41, 5.74) is 5.42. The SMILES string of the molecule is Cc1nn(-c2ccccc2)c2nc3c(c(-c4ccc(-c5cccs5)s4)c12)C(=O)CCC3. The van der Waals surface area contributed by atoms with Crippen LogP contribution in [0, 0.1) is 6.92 Å². The third-order valence-corrected chi connectivity index (χ3v) is 7.95. The molecule has 1 aliphatic rings. The van der Waals surface area contributed by atoms with Crippen LogP contribution in [0.2, 0.25) is 0 Å². The number of Topliss-reactive ketones (excluding diaryl/α,β-unsaturated/α-hetero) is 1. The molecule has 6 rings (SSSR count). The van der Waals surface area contributed by atoms with Gasteiger partial charge in [0.1, 0.15) is 0 Å². The van der Waals surface area contributed by atoms with Crippen LogP contribution in [0.4, 0.5) is 0 Å². The van der Waals surface area contributed by atoms with Crippen molar-refractivity contribution >= 4 is 39.5 Å². The van der Waals surface area contributed by atoms with E-state index in [9.17, 15) is 4.79 Å². The van der Waals surface area contributed by atoms with E-state index in [0.29, 0.717) is 6.42 Å². The van der Waals surface area contributed by atoms with Gasteiger partial charge in [0.2, 0.25) is 0 Å². The second-order valence-corrected chi connectivity index (χ2v) is 9.79. The number of nitrogens with zero attached hydrogens (tertiary/aromatic N) is 3. The molecule has 0 spiro atoms. The summed E-state index contributed by atoms with van der Waals surface area (Å²) in [4.78, 5) is 21.7. The standard InChI is InChI=1S/C25H19N3OS2/c1-15-22-24(21-13-12-20(31-21)19-11-6-14-30-19)23-17(9-5-10-18(23)29)26-25(22)28(27-15)16-7-3-2-4-8-16/h2-4,6-8,11-14H,5,9-10H2,1H3. The molecule has 0 unspecified atom stereocenters. The monoisotopic (exact) mass is 441 g/mol. The van der Waals surface area contributed by atoms with Gasteiger partial charge in [0.05, 0.1) is 22.5 Å². The first-order chi connectivity index (χ1) is 15.2. The van der Waals surface area contributed by atoms with Crippen LogP contribution in [0.1, 0.15) is 34.6 Å². The second-order valence-electron chi connectivity index (χ2n) is 7.76. The number of thiophene rings is 2. The smallest absolute Gasteiger partial charge is 0.165 e. The molecule has 0 saturated heterocycles. The van der Waals surface area contributed by atoms with Crippen LogP contribution in [0.5, 0.6) is 0 Å². The third kappa shape index (κ3) is 2.98. The number of fused-ring (bicyclic) bond motifs is 2. The van der Waals surface area contributed by atoms with Crippen LogP contribution in [-0.4, -0.2) is 20.5 Å². The molecule has 152 valence electrons. The number of hydrogen-bond donors (Lipinski definition) is 0. The quantitative estimate of drug-likeness (QED) is 0.313. The Bertz CT molecular complexity index is 1430. The molecule has 0 N–H and O–H groups in total. The molecule has 1 aliphatic carbocycles. The molecule has 4 heterocycles. The van der Waals surface area contributed by atoms with Gasteiger partial charge in [0, 0.05) is 32.2 Å². The molecule has 0 fully saturated rings. The normalized spacial score (nSPS) is 13.6. The molecule has 4 aromatic heterocycles. The molecule has 0 atom stereocenters. The zero-order chi connectivity index (χ0) is 20.9. The van der Waals surface area contributed by atoms with E-state index in [1.54, 1.807) is 22.7 Å². The lowest BCUT2D eigenvalue weighted by Crippen LogP contribution is -2.15. The van der Waals surface area contributed by atoms with Crippen LogP contribution in [0.3, 0.4) is 0 Å². The van der Waals surface area contributed by atoms with Crippen LogP contribution < -0.4 is 0 Å². The summed E-state index contributed by atoms with van der Waals surface area (Å²) >= 11 is 3.48. The summed E-state index contributed by atoms with van der Waals surface area (Å²) in [6.07, 6.45) is 2.27. The number of carbonyl (C=O) groups is 1. The van der Waals surface area contributed by atoms with Crippen molar-refractivity contribution in [1.29, 1.82) is 0 Å². The van der Waals surface area contributed by atoms with Crippen LogP contribution in [0.15, 0.2) is 60.0 Å². The first-order valence-corrected chi connectivity index (χ1v) is 12.1. The summed E-state index contributed by atoms with van der Waals surface area (Å²) in [7, 11) is 0. The van der Waals surface area contributed by atoms with Crippen molar-refractivity contribution in [3.8, 4) is 25.9 Å². The van der Waals surface area contributed by atoms with Gasteiger partial charge in [0.15, 0.2) is 11.4 Å². The molecule has 0 aliphatic heterocycles. The van der Waals surface area contributed by atoms with Crippen molar-refractivity contribution in [1.82, 2.24) is 14.8 Å². The zero-order valence-corrected chi connectivity index (χ0v) is 18.6. The van der Waals surface area contributed by atoms with E-state index in [2.05, 4.69) is 29.6 Å². The highest BCUT2D eigenvalue weighted by Crippen LogP contribution is 2.43. The maximum absolute atomic E-state index is 13.1. The Labute approximate surface area is 187 Å². The van der Waals surface area contributed by atoms with E-state index >= 15 is 0 Å². The summed E-state index contributed by atoms with van der Waals surface area (Å²) in [6, 6.07) is 18.6. The molecular formula is C25H19N3OS2. The van der Waals surface area contributed by atoms with Crippen LogP contribution in [-0.2, 0) is 6.42 Å². The number of hydrogen-bond acceptors (Lipinski definition) is 5. The van der Waals surface area contributed by atoms with Gasteiger partial charge in [-0.05, 0) is 55.5 Å². The molecule has 4 nitrogen and oxygen atoms in total. The van der Waals surface area contributed by atoms with Crippen molar-refractivity contribution < 1.29 is 4.79 Å². The average molecular weight is 442 g/mol. The van der Waals surface area contributed by atoms with Gasteiger partial charge in [-0.2, -0.15) is 5.10 Å². The number of carbonyl (C=O) groups excluding carboxylic acids is 1. The van der Waals surface area contributed by atoms with Gasteiger partial charge in [-0.3, -0.25) is 4.79 Å². The van der Waals surface area contributed by atoms with Gasteiger partial charge in [-0.1, -0.05) is 24.3 Å². The van der Waals surface area contributed by atoms with Gasteiger partial charge in [0.25, 0.3) is 0 Å². The Kier molecular flexibility index (Phi) is 4.37. The maximum atomic E-state index is 13.1. The fourth-order valence-electron chi connectivity index (χ4n) is 4.41. The zero-order valence-electron chi connectivity index (χ0n) is 17.0. The Morgan fingerprint density at radius 1 is 0.903 bits per heavy atom. The Morgan fingerprint density at radius 3 is 2.55 bits per heavy atom. The molecule has 0 bridgehead atoms. The minimum absolute atomic E-state index is 0.198. The predicted molar refractivity (Wildman–Crippen MR) is 127 cm³/mol. The van der Waals surface area contributed by atoms with E-state index < -0.39 is 0 Å². The van der Waals surface area contributed by atoms with E-state index in [1.165, 1.54) is 9.75 Å². The number of aryl methyl sites for hydroxylation is 2. The highest BCUT2D eigenvalue weighted by Gasteiger charge is 2.29. The lowest BCUT2D eigenvalue weighted by Gasteiger charge is -2.18. The molecule has 6 heteroatoms. The highest BCUT2D eigenvalue weighted by atomic mass is 32.1. The summed E-state index contributed by atoms with van der Waals surface area (Å²) < 4.78 is 1.92. The lowest BCUT2D eigenvalue weighted by atomic mass is 9.88. The van der Waals surface area contributed by atoms with E-state index in [0.717, 1.165) is 57.0 Å². The fourth-order valence-corrected chi connectivity index (χ4v) is 6.30. The topological polar surface area (TPSA) is 47.8 Å². The molecule has 0 amide bonds. The Morgan fingerprint density at radius 2 is 1.74 bits per heavy atom. The van der Waals surface area contributed by atoms with Gasteiger partial charge >= 0.3 is 0 Å². The van der Waals surface area contributed by atoms with E-state index in [-0.39, 0.29) is 5.78 Å². The number of ketones is 1. The lowest BCUT2D eigenvalue weighted by molar-refractivity contribution is 0.0972. The first-order valence-electron chi connectivity index (χ1n) is 10.4. The van der Waals surface area contributed by atoms with Crippen LogP contribution in [0.25, 0.3) is 36.9 Å². The van der Waals surface area contributed by atoms with Gasteiger partial charge in [-0.15, -0.1) is 22.7 Å². The van der Waals surface area contributed by atoms with Crippen LogP contribution >= 0.6 is 22.7 Å². The minimum atomic E-state index is 0.198. The molecule has 0 saturated carbocycles. The summed E-state index contributed by atoms with van der Waals surface area (Å²) in [6.45, 7) is 2.01. The van der Waals surface area contributed by atoms with Crippen molar-refractivity contribution in [3.63, 3.8) is 0 Å². The van der Waals surface area contributed by atoms with Gasteiger partial charge < -0.3 is 0 Å². The van der Waals surface area contributed by atoms with Crippen molar-refractivity contribution in [2.45, 2.75) is 26.2 Å². The first kappa shape index (κ1) is 18.7. The predicted octanol–water partition coefficient (Wildman–Crippen LogP) is 6.70. The molecule has 31 heavy (non-hydrogen) atoms. The number of rotatable bonds is 3. The van der Waals surface area contributed by atoms with E-state index in [1.807, 2.05) is 41.9 Å². The number of para-hydroxylation sites is 1. The average Bonchev–Trinajstić information content (AvgIpc) is 3.54. The Hall–Kier alpha value is -3.09. The van der Waals surface area contributed by atoms with E-state index in [4.69, 9.17) is 10.1 Å². The number of aromatic nitrogens is 3. The fraction of sp³-hybridized carbons (Fsp3) is 0.160. The summed E-state index contributed by atoms with van der Waals surface area (Å²) in [5.74, 6) is 0.198. The molecular weight excluding hydrogens is 422 g/mol. The molecule has 1 aromatic carbocycles.